The summed E-state index contributed by atoms with van der Waals surface area (Å²) in [5.74, 6) is 1.08. The molecule has 0 bridgehead atoms. The SMILES string of the molecule is NCc1ncoc1-c1ccc(Cl)o1. The van der Waals surface area contributed by atoms with Crippen LogP contribution in [0.25, 0.3) is 11.5 Å². The number of nitrogens with zero attached hydrogens (tertiary/aromatic N) is 1. The van der Waals surface area contributed by atoms with Gasteiger partial charge in [-0.05, 0) is 23.7 Å². The van der Waals surface area contributed by atoms with Crippen molar-refractivity contribution in [2.75, 3.05) is 0 Å². The summed E-state index contributed by atoms with van der Waals surface area (Å²) in [6.07, 6.45) is 1.33. The molecule has 0 unspecified atom stereocenters. The van der Waals surface area contributed by atoms with Gasteiger partial charge in [-0.3, -0.25) is 0 Å². The molecule has 2 N–H and O–H groups in total. The van der Waals surface area contributed by atoms with E-state index in [0.29, 0.717) is 29.0 Å². The number of furan rings is 1. The lowest BCUT2D eigenvalue weighted by molar-refractivity contribution is 0.520. The molecule has 68 valence electrons. The number of aromatic nitrogens is 1. The van der Waals surface area contributed by atoms with Gasteiger partial charge in [-0.1, -0.05) is 0 Å². The Labute approximate surface area is 79.3 Å². The largest absolute Gasteiger partial charge is 0.441 e. The molecule has 2 aromatic rings. The van der Waals surface area contributed by atoms with E-state index in [9.17, 15) is 0 Å². The van der Waals surface area contributed by atoms with Crippen LogP contribution in [-0.2, 0) is 6.54 Å². The summed E-state index contributed by atoms with van der Waals surface area (Å²) < 4.78 is 10.3. The van der Waals surface area contributed by atoms with E-state index in [4.69, 9.17) is 26.2 Å². The lowest BCUT2D eigenvalue weighted by Gasteiger charge is -1.92. The molecule has 0 saturated heterocycles. The van der Waals surface area contributed by atoms with Crippen LogP contribution in [0.3, 0.4) is 0 Å². The van der Waals surface area contributed by atoms with Gasteiger partial charge >= 0.3 is 0 Å². The van der Waals surface area contributed by atoms with Crippen molar-refractivity contribution >= 4 is 11.6 Å². The summed E-state index contributed by atoms with van der Waals surface area (Å²) >= 11 is 5.61. The predicted molar refractivity (Wildman–Crippen MR) is 47.1 cm³/mol. The minimum absolute atomic E-state index is 0.310. The van der Waals surface area contributed by atoms with Gasteiger partial charge in [-0.25, -0.2) is 4.98 Å². The first-order valence-corrected chi connectivity index (χ1v) is 4.07. The Morgan fingerprint density at radius 1 is 1.46 bits per heavy atom. The molecule has 2 rings (SSSR count). The van der Waals surface area contributed by atoms with Gasteiger partial charge in [0.1, 0.15) is 5.69 Å². The van der Waals surface area contributed by atoms with Gasteiger partial charge in [0.05, 0.1) is 0 Å². The second-order valence-corrected chi connectivity index (χ2v) is 2.81. The molecule has 0 fully saturated rings. The molecule has 0 aliphatic rings. The van der Waals surface area contributed by atoms with E-state index in [1.54, 1.807) is 12.1 Å². The molecule has 0 atom stereocenters. The van der Waals surface area contributed by atoms with Crippen molar-refractivity contribution < 1.29 is 8.83 Å². The second-order valence-electron chi connectivity index (χ2n) is 2.44. The summed E-state index contributed by atoms with van der Waals surface area (Å²) in [7, 11) is 0. The number of nitrogens with two attached hydrogens (primary N) is 1. The fourth-order valence-corrected chi connectivity index (χ4v) is 1.20. The minimum atomic E-state index is 0.310. The highest BCUT2D eigenvalue weighted by Gasteiger charge is 2.12. The molecular formula is C8H7ClN2O2. The van der Waals surface area contributed by atoms with Gasteiger partial charge in [0.25, 0.3) is 0 Å². The zero-order valence-electron chi connectivity index (χ0n) is 6.66. The van der Waals surface area contributed by atoms with E-state index in [1.807, 2.05) is 0 Å². The Bertz CT molecular complexity index is 408. The molecule has 13 heavy (non-hydrogen) atoms. The van der Waals surface area contributed by atoms with Crippen LogP contribution >= 0.6 is 11.6 Å². The fraction of sp³-hybridized carbons (Fsp3) is 0.125. The topological polar surface area (TPSA) is 65.2 Å². The predicted octanol–water partition coefficient (Wildman–Crippen LogP) is 2.05. The Morgan fingerprint density at radius 2 is 2.31 bits per heavy atom. The lowest BCUT2D eigenvalue weighted by atomic mass is 10.3. The Hall–Kier alpha value is -1.26. The van der Waals surface area contributed by atoms with Crippen molar-refractivity contribution in [3.05, 3.63) is 29.4 Å². The van der Waals surface area contributed by atoms with Crippen LogP contribution < -0.4 is 5.73 Å². The molecule has 4 nitrogen and oxygen atoms in total. The van der Waals surface area contributed by atoms with Crippen molar-refractivity contribution in [1.82, 2.24) is 4.98 Å². The number of rotatable bonds is 2. The van der Waals surface area contributed by atoms with Crippen LogP contribution in [0.1, 0.15) is 5.69 Å². The minimum Gasteiger partial charge on any atom is -0.441 e. The van der Waals surface area contributed by atoms with Crippen LogP contribution in [0.2, 0.25) is 5.22 Å². The maximum absolute atomic E-state index is 5.61. The van der Waals surface area contributed by atoms with Gasteiger partial charge in [0.15, 0.2) is 23.1 Å². The fourth-order valence-electron chi connectivity index (χ4n) is 1.05. The second kappa shape index (κ2) is 3.24. The maximum Gasteiger partial charge on any atom is 0.194 e. The van der Waals surface area contributed by atoms with Gasteiger partial charge in [0.2, 0.25) is 0 Å². The molecule has 2 aromatic heterocycles. The molecule has 0 amide bonds. The quantitative estimate of drug-likeness (QED) is 0.802. The van der Waals surface area contributed by atoms with Crippen LogP contribution in [0.5, 0.6) is 0 Å². The van der Waals surface area contributed by atoms with Gasteiger partial charge < -0.3 is 14.6 Å². The summed E-state index contributed by atoms with van der Waals surface area (Å²) in [5.41, 5.74) is 6.10. The highest BCUT2D eigenvalue weighted by molar-refractivity contribution is 6.28. The maximum atomic E-state index is 5.61. The molecule has 0 radical (unpaired) electrons. The monoisotopic (exact) mass is 198 g/mol. The zero-order valence-corrected chi connectivity index (χ0v) is 7.41. The molecular weight excluding hydrogens is 192 g/mol. The van der Waals surface area contributed by atoms with E-state index in [0.717, 1.165) is 0 Å². The molecule has 0 aromatic carbocycles. The molecule has 2 heterocycles. The summed E-state index contributed by atoms with van der Waals surface area (Å²) in [5, 5.41) is 0.314. The third-order valence-electron chi connectivity index (χ3n) is 1.63. The summed E-state index contributed by atoms with van der Waals surface area (Å²) in [6, 6.07) is 3.35. The smallest absolute Gasteiger partial charge is 0.194 e. The van der Waals surface area contributed by atoms with E-state index in [2.05, 4.69) is 4.98 Å². The molecule has 0 aliphatic heterocycles. The van der Waals surface area contributed by atoms with Gasteiger partial charge in [-0.2, -0.15) is 0 Å². The summed E-state index contributed by atoms with van der Waals surface area (Å²) in [4.78, 5) is 3.93. The number of halogens is 1. The first kappa shape index (κ1) is 8.34. The van der Waals surface area contributed by atoms with E-state index >= 15 is 0 Å². The summed E-state index contributed by atoms with van der Waals surface area (Å²) in [6.45, 7) is 0.310. The van der Waals surface area contributed by atoms with E-state index in [1.165, 1.54) is 6.39 Å². The van der Waals surface area contributed by atoms with Crippen LogP contribution in [-0.4, -0.2) is 4.98 Å². The molecule has 0 spiro atoms. The number of hydrogen-bond acceptors (Lipinski definition) is 4. The third kappa shape index (κ3) is 1.46. The third-order valence-corrected chi connectivity index (χ3v) is 1.83. The van der Waals surface area contributed by atoms with Crippen LogP contribution in [0.4, 0.5) is 0 Å². The van der Waals surface area contributed by atoms with Crippen LogP contribution in [0, 0.1) is 0 Å². The van der Waals surface area contributed by atoms with Crippen LogP contribution in [0.15, 0.2) is 27.4 Å². The van der Waals surface area contributed by atoms with E-state index < -0.39 is 0 Å². The number of hydrogen-bond donors (Lipinski definition) is 1. The first-order valence-electron chi connectivity index (χ1n) is 3.69. The normalized spacial score (nSPS) is 10.6. The average Bonchev–Trinajstić information content (AvgIpc) is 2.71. The average molecular weight is 199 g/mol. The van der Waals surface area contributed by atoms with Crippen molar-refractivity contribution in [3.8, 4) is 11.5 Å². The van der Waals surface area contributed by atoms with Gasteiger partial charge in [0, 0.05) is 6.54 Å². The Morgan fingerprint density at radius 3 is 2.92 bits per heavy atom. The molecule has 0 saturated carbocycles. The highest BCUT2D eigenvalue weighted by atomic mass is 35.5. The van der Waals surface area contributed by atoms with E-state index in [-0.39, 0.29) is 0 Å². The molecule has 5 heteroatoms. The molecule has 0 aliphatic carbocycles. The number of oxazole rings is 1. The Kier molecular flexibility index (Phi) is 2.08. The van der Waals surface area contributed by atoms with Crippen molar-refractivity contribution in [2.24, 2.45) is 5.73 Å². The van der Waals surface area contributed by atoms with Crippen molar-refractivity contribution in [2.45, 2.75) is 6.54 Å². The Balaban J connectivity index is 2.45. The lowest BCUT2D eigenvalue weighted by Crippen LogP contribution is -1.97. The van der Waals surface area contributed by atoms with Gasteiger partial charge in [-0.15, -0.1) is 0 Å². The standard InChI is InChI=1S/C8H7ClN2O2/c9-7-2-1-6(13-7)8-5(3-10)11-4-12-8/h1-2,4H,3,10H2. The highest BCUT2D eigenvalue weighted by Crippen LogP contribution is 2.26. The first-order chi connectivity index (χ1) is 6.31. The van der Waals surface area contributed by atoms with Crippen molar-refractivity contribution in [1.29, 1.82) is 0 Å². The van der Waals surface area contributed by atoms with Crippen molar-refractivity contribution in [3.63, 3.8) is 0 Å². The zero-order chi connectivity index (χ0) is 9.26.